The molecule has 0 spiro atoms. The lowest BCUT2D eigenvalue weighted by Crippen LogP contribution is -2.25. The Morgan fingerprint density at radius 3 is 2.80 bits per heavy atom. The van der Waals surface area contributed by atoms with Crippen molar-refractivity contribution in [3.05, 3.63) is 39.0 Å². The number of aromatic nitrogens is 4. The van der Waals surface area contributed by atoms with Gasteiger partial charge in [0.05, 0.1) is 16.9 Å². The number of aryl methyl sites for hydroxylation is 2. The van der Waals surface area contributed by atoms with E-state index in [1.165, 1.54) is 28.1 Å². The van der Waals surface area contributed by atoms with Crippen molar-refractivity contribution in [2.75, 3.05) is 6.54 Å². The molecule has 10 heteroatoms. The molecule has 3 rings (SSSR count). The highest BCUT2D eigenvalue weighted by Crippen LogP contribution is 2.27. The minimum atomic E-state index is -1.05. The molecule has 0 aromatic carbocycles. The predicted molar refractivity (Wildman–Crippen MR) is 94.2 cm³/mol. The zero-order chi connectivity index (χ0) is 18.0. The molecular weight excluding hydrogens is 362 g/mol. The quantitative estimate of drug-likeness (QED) is 0.680. The molecule has 0 radical (unpaired) electrons. The predicted octanol–water partition coefficient (Wildman–Crippen LogP) is 1.98. The Morgan fingerprint density at radius 2 is 2.16 bits per heavy atom. The normalized spacial score (nSPS) is 10.8. The van der Waals surface area contributed by atoms with Crippen LogP contribution in [0.2, 0.25) is 0 Å². The van der Waals surface area contributed by atoms with Gasteiger partial charge >= 0.3 is 5.97 Å². The molecule has 3 aromatic rings. The van der Waals surface area contributed by atoms with Crippen molar-refractivity contribution in [1.29, 1.82) is 0 Å². The zero-order valence-electron chi connectivity index (χ0n) is 13.5. The average Bonchev–Trinajstić information content (AvgIpc) is 3.27. The molecule has 0 unspecified atom stereocenters. The number of aromatic carboxylic acids is 1. The van der Waals surface area contributed by atoms with Gasteiger partial charge < -0.3 is 10.4 Å². The lowest BCUT2D eigenvalue weighted by molar-refractivity contribution is 0.0690. The van der Waals surface area contributed by atoms with Crippen LogP contribution in [-0.2, 0) is 13.5 Å². The second-order valence-electron chi connectivity index (χ2n) is 5.27. The third-order valence-corrected chi connectivity index (χ3v) is 5.46. The third-order valence-electron chi connectivity index (χ3n) is 3.35. The van der Waals surface area contributed by atoms with Crippen LogP contribution in [0.3, 0.4) is 0 Å². The van der Waals surface area contributed by atoms with Crippen LogP contribution in [-0.4, -0.2) is 43.3 Å². The largest absolute Gasteiger partial charge is 0.476 e. The molecule has 3 aromatic heterocycles. The Kier molecular flexibility index (Phi) is 4.91. The van der Waals surface area contributed by atoms with Crippen LogP contribution < -0.4 is 5.32 Å². The summed E-state index contributed by atoms with van der Waals surface area (Å²) >= 11 is 2.59. The molecule has 0 saturated carbocycles. The molecule has 0 fully saturated rings. The number of carboxylic acids is 1. The fraction of sp³-hybridized carbons (Fsp3) is 0.267. The molecule has 0 aliphatic rings. The van der Waals surface area contributed by atoms with Gasteiger partial charge in [-0.25, -0.2) is 14.8 Å². The van der Waals surface area contributed by atoms with E-state index in [9.17, 15) is 9.59 Å². The summed E-state index contributed by atoms with van der Waals surface area (Å²) in [5.41, 5.74) is 1.58. The van der Waals surface area contributed by atoms with Crippen LogP contribution in [0.1, 0.15) is 30.9 Å². The van der Waals surface area contributed by atoms with Crippen molar-refractivity contribution in [2.24, 2.45) is 7.05 Å². The Bertz CT molecular complexity index is 927. The Balaban J connectivity index is 1.61. The van der Waals surface area contributed by atoms with Gasteiger partial charge in [-0.15, -0.1) is 22.7 Å². The maximum atomic E-state index is 12.3. The first kappa shape index (κ1) is 17.2. The van der Waals surface area contributed by atoms with Crippen molar-refractivity contribution < 1.29 is 14.7 Å². The maximum Gasteiger partial charge on any atom is 0.355 e. The highest BCUT2D eigenvalue weighted by molar-refractivity contribution is 7.17. The summed E-state index contributed by atoms with van der Waals surface area (Å²) in [5, 5.41) is 18.7. The van der Waals surface area contributed by atoms with E-state index in [-0.39, 0.29) is 11.6 Å². The van der Waals surface area contributed by atoms with Crippen LogP contribution in [0.25, 0.3) is 10.6 Å². The molecule has 2 N–H and O–H groups in total. The summed E-state index contributed by atoms with van der Waals surface area (Å²) in [6.07, 6.45) is 4.04. The van der Waals surface area contributed by atoms with Crippen molar-refractivity contribution >= 4 is 34.6 Å². The Hall–Kier alpha value is -2.59. The number of hydrogen-bond acceptors (Lipinski definition) is 7. The summed E-state index contributed by atoms with van der Waals surface area (Å²) < 4.78 is 1.69. The first-order valence-corrected chi connectivity index (χ1v) is 9.06. The summed E-state index contributed by atoms with van der Waals surface area (Å²) in [6, 6.07) is 0. The summed E-state index contributed by atoms with van der Waals surface area (Å²) in [6.45, 7) is 2.18. The van der Waals surface area contributed by atoms with E-state index in [2.05, 4.69) is 20.4 Å². The molecule has 25 heavy (non-hydrogen) atoms. The number of carboxylic acid groups (broad SMARTS) is 1. The molecule has 0 saturated heterocycles. The maximum absolute atomic E-state index is 12.3. The zero-order valence-corrected chi connectivity index (χ0v) is 15.1. The van der Waals surface area contributed by atoms with E-state index in [0.717, 1.165) is 10.6 Å². The van der Waals surface area contributed by atoms with Gasteiger partial charge in [-0.1, -0.05) is 0 Å². The number of carbonyl (C=O) groups excluding carboxylic acids is 1. The van der Waals surface area contributed by atoms with Gasteiger partial charge in [0.1, 0.15) is 9.88 Å². The lowest BCUT2D eigenvalue weighted by Gasteiger charge is -2.02. The third kappa shape index (κ3) is 3.91. The lowest BCUT2D eigenvalue weighted by atomic mass is 10.3. The summed E-state index contributed by atoms with van der Waals surface area (Å²) in [5.74, 6) is -1.24. The molecule has 0 aliphatic carbocycles. The van der Waals surface area contributed by atoms with Gasteiger partial charge in [0.15, 0.2) is 5.69 Å². The molecule has 1 amide bonds. The Labute approximate surface area is 151 Å². The highest BCUT2D eigenvalue weighted by Gasteiger charge is 2.17. The number of amides is 1. The van der Waals surface area contributed by atoms with E-state index in [4.69, 9.17) is 5.11 Å². The SMILES string of the molecule is Cc1nc(-c2cnn(C)c2)sc1C(=O)NCCc1nc(C(=O)O)cs1. The van der Waals surface area contributed by atoms with E-state index in [0.29, 0.717) is 28.5 Å². The molecule has 0 aliphatic heterocycles. The minimum Gasteiger partial charge on any atom is -0.476 e. The van der Waals surface area contributed by atoms with E-state index in [1.54, 1.807) is 17.8 Å². The van der Waals surface area contributed by atoms with Crippen molar-refractivity contribution in [2.45, 2.75) is 13.3 Å². The highest BCUT2D eigenvalue weighted by atomic mass is 32.1. The average molecular weight is 377 g/mol. The number of thiazole rings is 2. The topological polar surface area (TPSA) is 110 Å². The molecule has 0 bridgehead atoms. The van der Waals surface area contributed by atoms with Crippen LogP contribution in [0, 0.1) is 6.92 Å². The number of nitrogens with one attached hydrogen (secondary N) is 1. The van der Waals surface area contributed by atoms with Gasteiger partial charge in [-0.05, 0) is 6.92 Å². The number of carbonyl (C=O) groups is 2. The Morgan fingerprint density at radius 1 is 1.36 bits per heavy atom. The first-order chi connectivity index (χ1) is 11.9. The van der Waals surface area contributed by atoms with E-state index >= 15 is 0 Å². The molecular formula is C15H15N5O3S2. The van der Waals surface area contributed by atoms with E-state index in [1.807, 2.05) is 13.2 Å². The van der Waals surface area contributed by atoms with Gasteiger partial charge in [0, 0.05) is 37.2 Å². The minimum absolute atomic E-state index is 0.0331. The van der Waals surface area contributed by atoms with Crippen LogP contribution in [0.5, 0.6) is 0 Å². The second kappa shape index (κ2) is 7.11. The van der Waals surface area contributed by atoms with Gasteiger partial charge in [0.25, 0.3) is 5.91 Å². The molecule has 8 nitrogen and oxygen atoms in total. The molecule has 130 valence electrons. The van der Waals surface area contributed by atoms with Crippen LogP contribution in [0.15, 0.2) is 17.8 Å². The van der Waals surface area contributed by atoms with Crippen molar-refractivity contribution in [3.63, 3.8) is 0 Å². The molecule has 0 atom stereocenters. The number of hydrogen-bond donors (Lipinski definition) is 2. The van der Waals surface area contributed by atoms with Gasteiger partial charge in [-0.3, -0.25) is 9.48 Å². The summed E-state index contributed by atoms with van der Waals surface area (Å²) in [7, 11) is 1.83. The smallest absolute Gasteiger partial charge is 0.355 e. The van der Waals surface area contributed by atoms with Gasteiger partial charge in [0.2, 0.25) is 0 Å². The van der Waals surface area contributed by atoms with Crippen LogP contribution >= 0.6 is 22.7 Å². The summed E-state index contributed by atoms with van der Waals surface area (Å²) in [4.78, 5) is 32.1. The monoisotopic (exact) mass is 377 g/mol. The fourth-order valence-electron chi connectivity index (χ4n) is 2.15. The number of rotatable bonds is 6. The van der Waals surface area contributed by atoms with Crippen molar-refractivity contribution in [3.8, 4) is 10.6 Å². The number of nitrogens with zero attached hydrogens (tertiary/aromatic N) is 4. The second-order valence-corrected chi connectivity index (χ2v) is 7.22. The fourth-order valence-corrected chi connectivity index (χ4v) is 3.88. The van der Waals surface area contributed by atoms with Crippen LogP contribution in [0.4, 0.5) is 0 Å². The molecule has 3 heterocycles. The van der Waals surface area contributed by atoms with E-state index < -0.39 is 5.97 Å². The van der Waals surface area contributed by atoms with Gasteiger partial charge in [-0.2, -0.15) is 5.10 Å². The van der Waals surface area contributed by atoms with Crippen molar-refractivity contribution in [1.82, 2.24) is 25.1 Å². The standard InChI is InChI=1S/C15H15N5O3S2/c1-8-12(25-14(18-8)9-5-17-20(2)6-9)13(21)16-4-3-11-19-10(7-24-11)15(22)23/h5-7H,3-4H2,1-2H3,(H,16,21)(H,22,23). The first-order valence-electron chi connectivity index (χ1n) is 7.36.